The van der Waals surface area contributed by atoms with Gasteiger partial charge in [0.05, 0.1) is 12.1 Å². The molecule has 4 atom stereocenters. The fraction of sp³-hybridized carbons (Fsp3) is 0.333. The zero-order valence-corrected chi connectivity index (χ0v) is 18.4. The minimum Gasteiger partial charge on any atom is -0.391 e. The van der Waals surface area contributed by atoms with E-state index < -0.39 is 30.1 Å². The minimum atomic E-state index is -1.45. The van der Waals surface area contributed by atoms with Gasteiger partial charge in [-0.3, -0.25) is 9.59 Å². The second-order valence-corrected chi connectivity index (χ2v) is 8.85. The number of nitrogens with one attached hydrogen (secondary N) is 2. The van der Waals surface area contributed by atoms with Crippen LogP contribution in [0.2, 0.25) is 5.02 Å². The number of amides is 2. The third kappa shape index (κ3) is 4.80. The summed E-state index contributed by atoms with van der Waals surface area (Å²) in [6.07, 6.45) is -1.79. The normalized spacial score (nSPS) is 20.3. The number of likely N-dealkylation sites (tertiary alicyclic amines) is 1. The van der Waals surface area contributed by atoms with Crippen LogP contribution in [-0.2, 0) is 11.2 Å². The Balaban J connectivity index is 1.55. The highest BCUT2D eigenvalue weighted by atomic mass is 35.5. The number of β-amino-alcohol motifs (C(OH)–C–C–N with tert-alkyl or cyclic N) is 1. The quantitative estimate of drug-likeness (QED) is 0.458. The lowest BCUT2D eigenvalue weighted by atomic mass is 10.00. The Hall–Kier alpha value is -2.87. The molecule has 0 spiro atoms. The van der Waals surface area contributed by atoms with Gasteiger partial charge in [0.25, 0.3) is 11.8 Å². The highest BCUT2D eigenvalue weighted by Gasteiger charge is 2.37. The van der Waals surface area contributed by atoms with Gasteiger partial charge in [0, 0.05) is 34.9 Å². The van der Waals surface area contributed by atoms with Crippen LogP contribution in [-0.4, -0.2) is 63.3 Å². The number of nitrogens with zero attached hydrogens (tertiary/aromatic N) is 1. The molecule has 1 aromatic heterocycles. The summed E-state index contributed by atoms with van der Waals surface area (Å²) in [6, 6.07) is 15.5. The van der Waals surface area contributed by atoms with Crippen LogP contribution < -0.4 is 5.32 Å². The molecule has 1 saturated heterocycles. The van der Waals surface area contributed by atoms with Gasteiger partial charge in [-0.1, -0.05) is 48.9 Å². The number of rotatable bonds is 6. The van der Waals surface area contributed by atoms with E-state index in [0.29, 0.717) is 17.3 Å². The lowest BCUT2D eigenvalue weighted by Gasteiger charge is -2.27. The molecule has 2 heterocycles. The molecule has 4 unspecified atom stereocenters. The van der Waals surface area contributed by atoms with Crippen molar-refractivity contribution in [3.05, 3.63) is 70.9 Å². The monoisotopic (exact) mass is 455 g/mol. The number of fused-ring (bicyclic) bond motifs is 1. The maximum atomic E-state index is 13.0. The number of carbonyl (C=O) groups excluding carboxylic acids is 2. The van der Waals surface area contributed by atoms with Crippen LogP contribution in [0.4, 0.5) is 0 Å². The Kier molecular flexibility index (Phi) is 6.50. The van der Waals surface area contributed by atoms with E-state index in [1.54, 1.807) is 24.3 Å². The first-order valence-electron chi connectivity index (χ1n) is 10.6. The summed E-state index contributed by atoms with van der Waals surface area (Å²) in [5, 5.41) is 25.1. The van der Waals surface area contributed by atoms with Gasteiger partial charge in [0.1, 0.15) is 5.69 Å². The molecule has 4 rings (SSSR count). The van der Waals surface area contributed by atoms with Crippen LogP contribution in [0.1, 0.15) is 23.0 Å². The summed E-state index contributed by atoms with van der Waals surface area (Å²) >= 11 is 6.03. The topological polar surface area (TPSA) is 106 Å². The first kappa shape index (κ1) is 22.3. The second kappa shape index (κ2) is 9.32. The number of aliphatic hydroxyl groups excluding tert-OH is 2. The van der Waals surface area contributed by atoms with Gasteiger partial charge in [-0.25, -0.2) is 0 Å². The standard InChI is InChI=1S/C24H26ClN3O4/c1-14-12-28(13-21(14)29)24(32)22(30)19(9-15-5-3-2-4-6-15)27-23(31)20-11-16-10-17(25)7-8-18(16)26-20/h2-8,10-11,14,19,21-22,26,29-30H,9,12-13H2,1H3,(H,27,31). The Labute approximate surface area is 191 Å². The van der Waals surface area contributed by atoms with Crippen molar-refractivity contribution in [1.29, 1.82) is 0 Å². The predicted molar refractivity (Wildman–Crippen MR) is 122 cm³/mol. The smallest absolute Gasteiger partial charge is 0.268 e. The van der Waals surface area contributed by atoms with Crippen molar-refractivity contribution < 1.29 is 19.8 Å². The van der Waals surface area contributed by atoms with Crippen LogP contribution in [0, 0.1) is 5.92 Å². The third-order valence-electron chi connectivity index (χ3n) is 5.96. The molecular formula is C24H26ClN3O4. The molecule has 1 aliphatic heterocycles. The number of aromatic amines is 1. The van der Waals surface area contributed by atoms with Gasteiger partial charge in [-0.2, -0.15) is 0 Å². The Morgan fingerprint density at radius 3 is 2.62 bits per heavy atom. The average molecular weight is 456 g/mol. The number of hydrogen-bond acceptors (Lipinski definition) is 4. The summed E-state index contributed by atoms with van der Waals surface area (Å²) in [4.78, 5) is 30.5. The van der Waals surface area contributed by atoms with E-state index in [1.165, 1.54) is 4.90 Å². The number of aromatic nitrogens is 1. The zero-order chi connectivity index (χ0) is 22.8. The van der Waals surface area contributed by atoms with E-state index in [4.69, 9.17) is 11.6 Å². The molecule has 2 aromatic carbocycles. The van der Waals surface area contributed by atoms with E-state index in [1.807, 2.05) is 37.3 Å². The first-order chi connectivity index (χ1) is 15.3. The molecule has 32 heavy (non-hydrogen) atoms. The van der Waals surface area contributed by atoms with Gasteiger partial charge in [0.15, 0.2) is 6.10 Å². The Morgan fingerprint density at radius 1 is 1.19 bits per heavy atom. The van der Waals surface area contributed by atoms with Crippen molar-refractivity contribution in [2.45, 2.75) is 31.6 Å². The SMILES string of the molecule is CC1CN(C(=O)C(O)C(Cc2ccccc2)NC(=O)c2cc3cc(Cl)ccc3[nH]2)CC1O. The highest BCUT2D eigenvalue weighted by Crippen LogP contribution is 2.21. The lowest BCUT2D eigenvalue weighted by molar-refractivity contribution is -0.140. The minimum absolute atomic E-state index is 0.0634. The van der Waals surface area contributed by atoms with E-state index >= 15 is 0 Å². The molecule has 1 aliphatic rings. The lowest BCUT2D eigenvalue weighted by Crippen LogP contribution is -2.52. The van der Waals surface area contributed by atoms with Crippen molar-refractivity contribution in [1.82, 2.24) is 15.2 Å². The zero-order valence-electron chi connectivity index (χ0n) is 17.7. The average Bonchev–Trinajstić information content (AvgIpc) is 3.35. The largest absolute Gasteiger partial charge is 0.391 e. The van der Waals surface area contributed by atoms with Crippen LogP contribution in [0.5, 0.6) is 0 Å². The maximum Gasteiger partial charge on any atom is 0.268 e. The number of aliphatic hydroxyl groups is 2. The van der Waals surface area contributed by atoms with E-state index in [-0.39, 0.29) is 18.9 Å². The second-order valence-electron chi connectivity index (χ2n) is 8.42. The van der Waals surface area contributed by atoms with E-state index in [2.05, 4.69) is 10.3 Å². The number of hydrogen-bond donors (Lipinski definition) is 4. The van der Waals surface area contributed by atoms with Gasteiger partial charge in [0.2, 0.25) is 0 Å². The molecule has 4 N–H and O–H groups in total. The van der Waals surface area contributed by atoms with E-state index in [0.717, 1.165) is 16.5 Å². The van der Waals surface area contributed by atoms with Crippen molar-refractivity contribution in [3.63, 3.8) is 0 Å². The summed E-state index contributed by atoms with van der Waals surface area (Å²) < 4.78 is 0. The number of carbonyl (C=O) groups is 2. The van der Waals surface area contributed by atoms with Crippen molar-refractivity contribution >= 4 is 34.3 Å². The summed E-state index contributed by atoms with van der Waals surface area (Å²) in [7, 11) is 0. The summed E-state index contributed by atoms with van der Waals surface area (Å²) in [6.45, 7) is 2.40. The fourth-order valence-corrected chi connectivity index (χ4v) is 4.25. The van der Waals surface area contributed by atoms with Crippen LogP contribution in [0.25, 0.3) is 10.9 Å². The molecule has 168 valence electrons. The van der Waals surface area contributed by atoms with Crippen LogP contribution in [0.3, 0.4) is 0 Å². The maximum absolute atomic E-state index is 13.0. The molecule has 0 saturated carbocycles. The van der Waals surface area contributed by atoms with Crippen LogP contribution in [0.15, 0.2) is 54.6 Å². The third-order valence-corrected chi connectivity index (χ3v) is 6.20. The van der Waals surface area contributed by atoms with Gasteiger partial charge >= 0.3 is 0 Å². The van der Waals surface area contributed by atoms with Gasteiger partial charge in [-0.05, 0) is 36.2 Å². The molecule has 1 fully saturated rings. The summed E-state index contributed by atoms with van der Waals surface area (Å²) in [5.41, 5.74) is 1.95. The Bertz CT molecular complexity index is 1110. The summed E-state index contributed by atoms with van der Waals surface area (Å²) in [5.74, 6) is -0.996. The van der Waals surface area contributed by atoms with Gasteiger partial charge < -0.3 is 25.4 Å². The van der Waals surface area contributed by atoms with Crippen molar-refractivity contribution in [3.8, 4) is 0 Å². The van der Waals surface area contributed by atoms with Gasteiger partial charge in [-0.15, -0.1) is 0 Å². The molecule has 0 aliphatic carbocycles. The molecular weight excluding hydrogens is 430 g/mol. The van der Waals surface area contributed by atoms with Crippen LogP contribution >= 0.6 is 11.6 Å². The first-order valence-corrected chi connectivity index (χ1v) is 11.0. The highest BCUT2D eigenvalue weighted by molar-refractivity contribution is 6.31. The molecule has 3 aromatic rings. The Morgan fingerprint density at radius 2 is 1.94 bits per heavy atom. The molecule has 2 amide bonds. The number of halogens is 1. The fourth-order valence-electron chi connectivity index (χ4n) is 4.07. The number of benzene rings is 2. The van der Waals surface area contributed by atoms with E-state index in [9.17, 15) is 19.8 Å². The molecule has 7 nitrogen and oxygen atoms in total. The number of H-pyrrole nitrogens is 1. The molecule has 8 heteroatoms. The van der Waals surface area contributed by atoms with Crippen molar-refractivity contribution in [2.24, 2.45) is 5.92 Å². The molecule has 0 bridgehead atoms. The molecule has 0 radical (unpaired) electrons. The van der Waals surface area contributed by atoms with Crippen molar-refractivity contribution in [2.75, 3.05) is 13.1 Å². The predicted octanol–water partition coefficient (Wildman–Crippen LogP) is 2.36.